The fourth-order valence-electron chi connectivity index (χ4n) is 3.51. The van der Waals surface area contributed by atoms with Crippen molar-refractivity contribution in [2.75, 3.05) is 39.8 Å². The van der Waals surface area contributed by atoms with Crippen LogP contribution in [0.3, 0.4) is 0 Å². The van der Waals surface area contributed by atoms with E-state index < -0.39 is 6.10 Å². The maximum Gasteiger partial charge on any atom is 0.119 e. The molecule has 1 aromatic rings. The maximum atomic E-state index is 10.3. The molecule has 2 rings (SSSR count). The minimum absolute atomic E-state index is 0.343. The van der Waals surface area contributed by atoms with Crippen LogP contribution in [0.25, 0.3) is 0 Å². The molecule has 1 aromatic carbocycles. The van der Waals surface area contributed by atoms with Gasteiger partial charge in [-0.3, -0.25) is 0 Å². The fourth-order valence-corrected chi connectivity index (χ4v) is 3.51. The quantitative estimate of drug-likeness (QED) is 0.837. The third-order valence-corrected chi connectivity index (χ3v) is 4.92. The zero-order valence-corrected chi connectivity index (χ0v) is 15.0. The second-order valence-corrected chi connectivity index (χ2v) is 6.94. The first-order chi connectivity index (χ1) is 11.0. The summed E-state index contributed by atoms with van der Waals surface area (Å²) < 4.78 is 5.69. The molecule has 4 heteroatoms. The van der Waals surface area contributed by atoms with Gasteiger partial charge in [-0.05, 0) is 51.5 Å². The lowest BCUT2D eigenvalue weighted by molar-refractivity contribution is 0.0291. The molecule has 1 fully saturated rings. The molecule has 3 unspecified atom stereocenters. The SMILES string of the molecule is CCN1CCC(N(C)CC(O)COc2ccc(C)cc2)C(C)C1. The lowest BCUT2D eigenvalue weighted by Crippen LogP contribution is -2.50. The average Bonchev–Trinajstić information content (AvgIpc) is 2.54. The van der Waals surface area contributed by atoms with Crippen molar-refractivity contribution in [3.8, 4) is 5.75 Å². The van der Waals surface area contributed by atoms with Crippen LogP contribution in [-0.2, 0) is 0 Å². The Hall–Kier alpha value is -1.10. The van der Waals surface area contributed by atoms with Gasteiger partial charge in [0.1, 0.15) is 18.5 Å². The summed E-state index contributed by atoms with van der Waals surface area (Å²) in [6, 6.07) is 8.50. The molecule has 0 saturated carbocycles. The van der Waals surface area contributed by atoms with Crippen molar-refractivity contribution in [3.63, 3.8) is 0 Å². The van der Waals surface area contributed by atoms with Crippen LogP contribution in [0.15, 0.2) is 24.3 Å². The second-order valence-electron chi connectivity index (χ2n) is 6.94. The van der Waals surface area contributed by atoms with Crippen molar-refractivity contribution in [3.05, 3.63) is 29.8 Å². The molecule has 0 radical (unpaired) electrons. The van der Waals surface area contributed by atoms with Gasteiger partial charge in [-0.2, -0.15) is 0 Å². The Labute approximate surface area is 141 Å². The van der Waals surface area contributed by atoms with Gasteiger partial charge < -0.3 is 19.6 Å². The molecular weight excluding hydrogens is 288 g/mol. The van der Waals surface area contributed by atoms with E-state index in [0.717, 1.165) is 25.4 Å². The number of likely N-dealkylation sites (N-methyl/N-ethyl adjacent to an activating group) is 1. The molecule has 3 atom stereocenters. The van der Waals surface area contributed by atoms with Gasteiger partial charge in [0.2, 0.25) is 0 Å². The van der Waals surface area contributed by atoms with Gasteiger partial charge in [-0.1, -0.05) is 31.5 Å². The first kappa shape index (κ1) is 18.2. The van der Waals surface area contributed by atoms with Crippen molar-refractivity contribution >= 4 is 0 Å². The molecule has 0 aliphatic carbocycles. The Morgan fingerprint density at radius 2 is 2.04 bits per heavy atom. The van der Waals surface area contributed by atoms with E-state index in [-0.39, 0.29) is 0 Å². The van der Waals surface area contributed by atoms with E-state index >= 15 is 0 Å². The highest BCUT2D eigenvalue weighted by Crippen LogP contribution is 2.21. The number of benzene rings is 1. The number of aliphatic hydroxyl groups excluding tert-OH is 1. The van der Waals surface area contributed by atoms with Crippen LogP contribution >= 0.6 is 0 Å². The van der Waals surface area contributed by atoms with Crippen LogP contribution in [-0.4, -0.2) is 66.9 Å². The minimum Gasteiger partial charge on any atom is -0.491 e. The third-order valence-electron chi connectivity index (χ3n) is 4.92. The van der Waals surface area contributed by atoms with Crippen molar-refractivity contribution < 1.29 is 9.84 Å². The largest absolute Gasteiger partial charge is 0.491 e. The number of likely N-dealkylation sites (tertiary alicyclic amines) is 1. The fraction of sp³-hybridized carbons (Fsp3) is 0.684. The number of nitrogens with zero attached hydrogens (tertiary/aromatic N) is 2. The van der Waals surface area contributed by atoms with E-state index in [1.807, 2.05) is 24.3 Å². The second kappa shape index (κ2) is 8.67. The van der Waals surface area contributed by atoms with Crippen molar-refractivity contribution in [1.29, 1.82) is 0 Å². The third kappa shape index (κ3) is 5.48. The topological polar surface area (TPSA) is 35.9 Å². The molecular formula is C19H32N2O2. The molecule has 1 heterocycles. The Morgan fingerprint density at radius 3 is 2.65 bits per heavy atom. The van der Waals surface area contributed by atoms with Gasteiger partial charge in [0.15, 0.2) is 0 Å². The molecule has 4 nitrogen and oxygen atoms in total. The standard InChI is InChI=1S/C19H32N2O2/c1-5-21-11-10-19(16(3)12-21)20(4)13-17(22)14-23-18-8-6-15(2)7-9-18/h6-9,16-17,19,22H,5,10-14H2,1-4H3. The summed E-state index contributed by atoms with van der Waals surface area (Å²) in [6.45, 7) is 11.0. The highest BCUT2D eigenvalue weighted by Gasteiger charge is 2.29. The van der Waals surface area contributed by atoms with Gasteiger partial charge in [0.25, 0.3) is 0 Å². The van der Waals surface area contributed by atoms with E-state index in [1.54, 1.807) is 0 Å². The highest BCUT2D eigenvalue weighted by molar-refractivity contribution is 5.26. The Bertz CT molecular complexity index is 463. The monoisotopic (exact) mass is 320 g/mol. The van der Waals surface area contributed by atoms with Gasteiger partial charge in [-0.15, -0.1) is 0 Å². The maximum absolute atomic E-state index is 10.3. The zero-order chi connectivity index (χ0) is 16.8. The zero-order valence-electron chi connectivity index (χ0n) is 15.0. The molecule has 1 aliphatic rings. The lowest BCUT2D eigenvalue weighted by atomic mass is 9.92. The van der Waals surface area contributed by atoms with Gasteiger partial charge in [0.05, 0.1) is 0 Å². The molecule has 0 bridgehead atoms. The summed E-state index contributed by atoms with van der Waals surface area (Å²) in [6.07, 6.45) is 0.717. The summed E-state index contributed by atoms with van der Waals surface area (Å²) in [5.41, 5.74) is 1.21. The normalized spacial score (nSPS) is 23.9. The summed E-state index contributed by atoms with van der Waals surface area (Å²) in [5, 5.41) is 10.3. The van der Waals surface area contributed by atoms with Crippen LogP contribution in [0.5, 0.6) is 5.75 Å². The van der Waals surface area contributed by atoms with Crippen LogP contribution in [0, 0.1) is 12.8 Å². The molecule has 130 valence electrons. The van der Waals surface area contributed by atoms with E-state index in [4.69, 9.17) is 4.74 Å². The van der Waals surface area contributed by atoms with E-state index in [1.165, 1.54) is 12.0 Å². The summed E-state index contributed by atoms with van der Waals surface area (Å²) in [4.78, 5) is 4.81. The van der Waals surface area contributed by atoms with Gasteiger partial charge in [-0.25, -0.2) is 0 Å². The predicted molar refractivity (Wildman–Crippen MR) is 95.0 cm³/mol. The molecule has 1 saturated heterocycles. The van der Waals surface area contributed by atoms with Crippen molar-refractivity contribution in [2.45, 2.75) is 39.3 Å². The van der Waals surface area contributed by atoms with Gasteiger partial charge in [0, 0.05) is 19.1 Å². The van der Waals surface area contributed by atoms with Crippen molar-refractivity contribution in [2.24, 2.45) is 5.92 Å². The summed E-state index contributed by atoms with van der Waals surface area (Å²) in [5.74, 6) is 1.46. The van der Waals surface area contributed by atoms with Crippen molar-refractivity contribution in [1.82, 2.24) is 9.80 Å². The smallest absolute Gasteiger partial charge is 0.119 e. The number of aryl methyl sites for hydroxylation is 1. The molecule has 1 N–H and O–H groups in total. The predicted octanol–water partition coefficient (Wildman–Crippen LogP) is 2.40. The Kier molecular flexibility index (Phi) is 6.88. The number of rotatable bonds is 7. The van der Waals surface area contributed by atoms with Crippen LogP contribution < -0.4 is 4.74 Å². The first-order valence-electron chi connectivity index (χ1n) is 8.79. The molecule has 0 spiro atoms. The van der Waals surface area contributed by atoms with Crippen LogP contribution in [0.1, 0.15) is 25.8 Å². The summed E-state index contributed by atoms with van der Waals surface area (Å²) >= 11 is 0. The number of hydrogen-bond donors (Lipinski definition) is 1. The lowest BCUT2D eigenvalue weighted by Gasteiger charge is -2.41. The number of aliphatic hydroxyl groups is 1. The molecule has 0 amide bonds. The van der Waals surface area contributed by atoms with E-state index in [2.05, 4.69) is 37.6 Å². The number of piperidine rings is 1. The number of hydrogen-bond acceptors (Lipinski definition) is 4. The van der Waals surface area contributed by atoms with Gasteiger partial charge >= 0.3 is 0 Å². The van der Waals surface area contributed by atoms with E-state index in [9.17, 15) is 5.11 Å². The first-order valence-corrected chi connectivity index (χ1v) is 8.79. The minimum atomic E-state index is -0.460. The number of ether oxygens (including phenoxy) is 1. The Balaban J connectivity index is 1.75. The molecule has 0 aromatic heterocycles. The van der Waals surface area contributed by atoms with Crippen LogP contribution in [0.4, 0.5) is 0 Å². The average molecular weight is 320 g/mol. The highest BCUT2D eigenvalue weighted by atomic mass is 16.5. The molecule has 1 aliphatic heterocycles. The summed E-state index contributed by atoms with van der Waals surface area (Å²) in [7, 11) is 2.12. The van der Waals surface area contributed by atoms with E-state index in [0.29, 0.717) is 25.1 Å². The molecule has 23 heavy (non-hydrogen) atoms. The van der Waals surface area contributed by atoms with Crippen LogP contribution in [0.2, 0.25) is 0 Å². The Morgan fingerprint density at radius 1 is 1.35 bits per heavy atom.